The van der Waals surface area contributed by atoms with Crippen LogP contribution in [0.25, 0.3) is 0 Å². The van der Waals surface area contributed by atoms with Crippen LogP contribution in [0.15, 0.2) is 4.90 Å². The third-order valence-electron chi connectivity index (χ3n) is 2.16. The van der Waals surface area contributed by atoms with Gasteiger partial charge in [0.15, 0.2) is 5.69 Å². The minimum absolute atomic E-state index is 0.174. The largest absolute Gasteiger partial charge is 0.455 e. The fraction of sp³-hybridized carbons (Fsp3) is 0.636. The number of hydrogen-bond donors (Lipinski definition) is 1. The van der Waals surface area contributed by atoms with Gasteiger partial charge in [0.05, 0.1) is 5.69 Å². The first-order valence-corrected chi connectivity index (χ1v) is 8.00. The molecule has 1 aromatic rings. The molecular formula is C11H17ClN2O4S. The highest BCUT2D eigenvalue weighted by Gasteiger charge is 2.32. The van der Waals surface area contributed by atoms with E-state index in [0.717, 1.165) is 0 Å². The summed E-state index contributed by atoms with van der Waals surface area (Å²) in [5, 5.41) is 6.26. The number of nitrogens with one attached hydrogen (secondary N) is 1. The highest BCUT2D eigenvalue weighted by Crippen LogP contribution is 2.28. The third-order valence-corrected chi connectivity index (χ3v) is 3.53. The number of rotatable bonds is 3. The zero-order chi connectivity index (χ0) is 15.0. The number of esters is 1. The van der Waals surface area contributed by atoms with Crippen LogP contribution >= 0.6 is 10.7 Å². The number of carbonyl (C=O) groups excluding carboxylic acids is 1. The fourth-order valence-corrected chi connectivity index (χ4v) is 2.82. The number of ether oxygens (including phenoxy) is 1. The summed E-state index contributed by atoms with van der Waals surface area (Å²) in [6.07, 6.45) is 0. The Morgan fingerprint density at radius 1 is 1.37 bits per heavy atom. The van der Waals surface area contributed by atoms with Crippen molar-refractivity contribution in [1.29, 1.82) is 0 Å². The molecule has 1 heterocycles. The van der Waals surface area contributed by atoms with Gasteiger partial charge in [-0.3, -0.25) is 5.10 Å². The number of H-pyrrole nitrogens is 1. The van der Waals surface area contributed by atoms with Crippen LogP contribution in [0.3, 0.4) is 0 Å². The van der Waals surface area contributed by atoms with Crippen molar-refractivity contribution < 1.29 is 17.9 Å². The maximum Gasteiger partial charge on any atom is 0.360 e. The van der Waals surface area contributed by atoms with Crippen molar-refractivity contribution >= 4 is 25.7 Å². The molecule has 0 unspecified atom stereocenters. The lowest BCUT2D eigenvalue weighted by Crippen LogP contribution is -2.25. The zero-order valence-corrected chi connectivity index (χ0v) is 13.0. The van der Waals surface area contributed by atoms with Gasteiger partial charge in [0.1, 0.15) is 10.5 Å². The minimum Gasteiger partial charge on any atom is -0.455 e. The second-order valence-corrected chi connectivity index (χ2v) is 7.91. The summed E-state index contributed by atoms with van der Waals surface area (Å²) < 4.78 is 28.3. The Labute approximate surface area is 116 Å². The van der Waals surface area contributed by atoms with Crippen LogP contribution in [-0.2, 0) is 13.8 Å². The van der Waals surface area contributed by atoms with E-state index in [9.17, 15) is 13.2 Å². The van der Waals surface area contributed by atoms with E-state index < -0.39 is 20.6 Å². The molecule has 0 atom stereocenters. The molecule has 0 saturated heterocycles. The zero-order valence-electron chi connectivity index (χ0n) is 11.4. The summed E-state index contributed by atoms with van der Waals surface area (Å²) in [5.74, 6) is -0.998. The number of aromatic nitrogens is 2. The van der Waals surface area contributed by atoms with Crippen LogP contribution < -0.4 is 0 Å². The normalized spacial score (nSPS) is 12.8. The molecule has 0 amide bonds. The van der Waals surface area contributed by atoms with Crippen LogP contribution in [0.1, 0.15) is 56.7 Å². The van der Waals surface area contributed by atoms with E-state index in [1.165, 1.54) is 0 Å². The Balaban J connectivity index is 3.35. The molecule has 0 radical (unpaired) electrons. The molecule has 108 valence electrons. The van der Waals surface area contributed by atoms with Crippen molar-refractivity contribution in [2.75, 3.05) is 0 Å². The Morgan fingerprint density at radius 3 is 2.26 bits per heavy atom. The number of nitrogens with zero attached hydrogens (tertiary/aromatic N) is 1. The van der Waals surface area contributed by atoms with Gasteiger partial charge in [0, 0.05) is 10.7 Å². The summed E-state index contributed by atoms with van der Waals surface area (Å²) in [4.78, 5) is 11.6. The number of aromatic amines is 1. The molecule has 1 rings (SSSR count). The van der Waals surface area contributed by atoms with Crippen LogP contribution in [0.4, 0.5) is 0 Å². The van der Waals surface area contributed by atoms with E-state index in [0.29, 0.717) is 0 Å². The third kappa shape index (κ3) is 3.94. The lowest BCUT2D eigenvalue weighted by atomic mass is 10.1. The Bertz CT molecular complexity index is 584. The van der Waals surface area contributed by atoms with Crippen molar-refractivity contribution in [2.24, 2.45) is 0 Å². The summed E-state index contributed by atoms with van der Waals surface area (Å²) in [7, 11) is 1.29. The Kier molecular flexibility index (Phi) is 4.31. The first-order chi connectivity index (χ1) is 8.43. The molecule has 6 nitrogen and oxygen atoms in total. The predicted octanol–water partition coefficient (Wildman–Crippen LogP) is 2.42. The van der Waals surface area contributed by atoms with Crippen molar-refractivity contribution in [3.8, 4) is 0 Å². The molecule has 0 aliphatic rings. The SMILES string of the molecule is CC(C)c1[nH]nc(C(=O)OC(C)(C)C)c1S(=O)(=O)Cl. The first-order valence-electron chi connectivity index (χ1n) is 5.69. The van der Waals surface area contributed by atoms with E-state index in [4.69, 9.17) is 15.4 Å². The topological polar surface area (TPSA) is 89.1 Å². The lowest BCUT2D eigenvalue weighted by Gasteiger charge is -2.18. The Hall–Kier alpha value is -1.08. The summed E-state index contributed by atoms with van der Waals surface area (Å²) in [5.41, 5.74) is -0.772. The summed E-state index contributed by atoms with van der Waals surface area (Å²) >= 11 is 0. The second kappa shape index (κ2) is 5.13. The van der Waals surface area contributed by atoms with E-state index in [1.807, 2.05) is 0 Å². The van der Waals surface area contributed by atoms with Crippen LogP contribution in [0, 0.1) is 0 Å². The van der Waals surface area contributed by atoms with Crippen molar-refractivity contribution in [3.05, 3.63) is 11.4 Å². The maximum absolute atomic E-state index is 11.9. The van der Waals surface area contributed by atoms with Gasteiger partial charge < -0.3 is 4.74 Å². The number of halogens is 1. The smallest absolute Gasteiger partial charge is 0.360 e. The molecule has 0 aromatic carbocycles. The van der Waals surface area contributed by atoms with Crippen LogP contribution in [0.2, 0.25) is 0 Å². The summed E-state index contributed by atoms with van der Waals surface area (Å²) in [6, 6.07) is 0. The molecule has 0 aliphatic carbocycles. The highest BCUT2D eigenvalue weighted by atomic mass is 35.7. The molecule has 1 aromatic heterocycles. The van der Waals surface area contributed by atoms with E-state index in [-0.39, 0.29) is 22.2 Å². The fourth-order valence-electron chi connectivity index (χ4n) is 1.45. The summed E-state index contributed by atoms with van der Waals surface area (Å²) in [6.45, 7) is 8.55. The molecule has 0 aliphatic heterocycles. The minimum atomic E-state index is -4.09. The van der Waals surface area contributed by atoms with Crippen LogP contribution in [-0.4, -0.2) is 30.2 Å². The van der Waals surface area contributed by atoms with Gasteiger partial charge in [-0.05, 0) is 26.7 Å². The van der Waals surface area contributed by atoms with E-state index in [2.05, 4.69) is 10.2 Å². The van der Waals surface area contributed by atoms with Gasteiger partial charge in [-0.1, -0.05) is 13.8 Å². The predicted molar refractivity (Wildman–Crippen MR) is 70.9 cm³/mol. The van der Waals surface area contributed by atoms with Crippen LogP contribution in [0.5, 0.6) is 0 Å². The molecular weight excluding hydrogens is 292 g/mol. The van der Waals surface area contributed by atoms with Crippen molar-refractivity contribution in [1.82, 2.24) is 10.2 Å². The van der Waals surface area contributed by atoms with Gasteiger partial charge in [-0.2, -0.15) is 5.10 Å². The van der Waals surface area contributed by atoms with Gasteiger partial charge in [0.25, 0.3) is 9.05 Å². The molecule has 19 heavy (non-hydrogen) atoms. The van der Waals surface area contributed by atoms with E-state index in [1.54, 1.807) is 34.6 Å². The molecule has 0 fully saturated rings. The highest BCUT2D eigenvalue weighted by molar-refractivity contribution is 8.13. The Morgan fingerprint density at radius 2 is 1.89 bits per heavy atom. The van der Waals surface area contributed by atoms with E-state index >= 15 is 0 Å². The molecule has 0 spiro atoms. The van der Waals surface area contributed by atoms with Gasteiger partial charge >= 0.3 is 5.97 Å². The molecule has 1 N–H and O–H groups in total. The molecule has 0 bridgehead atoms. The van der Waals surface area contributed by atoms with Gasteiger partial charge in [0.2, 0.25) is 0 Å². The quantitative estimate of drug-likeness (QED) is 0.684. The first kappa shape index (κ1) is 16.0. The van der Waals surface area contributed by atoms with Gasteiger partial charge in [-0.15, -0.1) is 0 Å². The number of carbonyl (C=O) groups is 1. The standard InChI is InChI=1S/C11H17ClN2O4S/c1-6(2)7-9(19(12,16)17)8(14-13-7)10(15)18-11(3,4)5/h6H,1-5H3,(H,13,14). The lowest BCUT2D eigenvalue weighted by molar-refractivity contribution is 0.00584. The average molecular weight is 309 g/mol. The maximum atomic E-state index is 11.9. The molecule has 8 heteroatoms. The monoisotopic (exact) mass is 308 g/mol. The average Bonchev–Trinajstić information content (AvgIpc) is 2.57. The van der Waals surface area contributed by atoms with Crippen molar-refractivity contribution in [3.63, 3.8) is 0 Å². The van der Waals surface area contributed by atoms with Crippen molar-refractivity contribution in [2.45, 2.75) is 51.0 Å². The second-order valence-electron chi connectivity index (χ2n) is 5.41. The number of hydrogen-bond acceptors (Lipinski definition) is 5. The molecule has 0 saturated carbocycles. The van der Waals surface area contributed by atoms with Gasteiger partial charge in [-0.25, -0.2) is 13.2 Å².